The van der Waals surface area contributed by atoms with Crippen LogP contribution in [0.2, 0.25) is 0 Å². The standard InChI is InChI=1S/C13H20N4O/c1-2-13(5-6-13)9-17-12(18)16-8-10-4-3-7-15-11(10)14/h3-4,7H,2,5-6,8-9H2,1H3,(H2,14,15)(H2,16,17,18). The Balaban J connectivity index is 1.74. The van der Waals surface area contributed by atoms with Gasteiger partial charge in [-0.1, -0.05) is 13.0 Å². The molecule has 0 unspecified atom stereocenters. The van der Waals surface area contributed by atoms with E-state index in [4.69, 9.17) is 5.73 Å². The SMILES string of the molecule is CCC1(CNC(=O)NCc2cccnc2N)CC1. The lowest BCUT2D eigenvalue weighted by molar-refractivity contribution is 0.237. The molecular formula is C13H20N4O. The third-order valence-electron chi connectivity index (χ3n) is 3.70. The zero-order valence-electron chi connectivity index (χ0n) is 10.7. The van der Waals surface area contributed by atoms with Crippen molar-refractivity contribution in [3.8, 4) is 0 Å². The Bertz CT molecular complexity index is 429. The third-order valence-corrected chi connectivity index (χ3v) is 3.70. The van der Waals surface area contributed by atoms with Crippen molar-refractivity contribution in [2.75, 3.05) is 12.3 Å². The van der Waals surface area contributed by atoms with Gasteiger partial charge in [-0.25, -0.2) is 9.78 Å². The van der Waals surface area contributed by atoms with Gasteiger partial charge in [0.25, 0.3) is 0 Å². The summed E-state index contributed by atoms with van der Waals surface area (Å²) < 4.78 is 0. The number of hydrogen-bond donors (Lipinski definition) is 3. The molecule has 5 nitrogen and oxygen atoms in total. The number of carbonyl (C=O) groups excluding carboxylic acids is 1. The first-order valence-corrected chi connectivity index (χ1v) is 6.36. The summed E-state index contributed by atoms with van der Waals surface area (Å²) in [5.74, 6) is 0.463. The molecule has 98 valence electrons. The van der Waals surface area contributed by atoms with E-state index in [0.29, 0.717) is 17.8 Å². The molecule has 0 radical (unpaired) electrons. The fraction of sp³-hybridized carbons (Fsp3) is 0.538. The first-order valence-electron chi connectivity index (χ1n) is 6.36. The van der Waals surface area contributed by atoms with E-state index in [9.17, 15) is 4.79 Å². The van der Waals surface area contributed by atoms with Gasteiger partial charge in [-0.3, -0.25) is 0 Å². The summed E-state index contributed by atoms with van der Waals surface area (Å²) in [5, 5.41) is 5.71. The predicted octanol–water partition coefficient (Wildman–Crippen LogP) is 1.65. The fourth-order valence-electron chi connectivity index (χ4n) is 1.94. The van der Waals surface area contributed by atoms with E-state index in [1.54, 1.807) is 6.20 Å². The lowest BCUT2D eigenvalue weighted by Crippen LogP contribution is -2.38. The van der Waals surface area contributed by atoms with Crippen LogP contribution in [-0.4, -0.2) is 17.6 Å². The van der Waals surface area contributed by atoms with Crippen LogP contribution in [0.15, 0.2) is 18.3 Å². The molecule has 2 rings (SSSR count). The summed E-state index contributed by atoms with van der Waals surface area (Å²) in [4.78, 5) is 15.6. The minimum Gasteiger partial charge on any atom is -0.383 e. The number of anilines is 1. The number of urea groups is 1. The number of nitrogens with two attached hydrogens (primary N) is 1. The van der Waals surface area contributed by atoms with Crippen molar-refractivity contribution >= 4 is 11.8 Å². The van der Waals surface area contributed by atoms with Crippen LogP contribution in [0.5, 0.6) is 0 Å². The largest absolute Gasteiger partial charge is 0.383 e. The van der Waals surface area contributed by atoms with Gasteiger partial charge in [0, 0.05) is 24.8 Å². The summed E-state index contributed by atoms with van der Waals surface area (Å²) in [6.45, 7) is 3.34. The van der Waals surface area contributed by atoms with Gasteiger partial charge in [-0.2, -0.15) is 0 Å². The molecule has 0 atom stereocenters. The normalized spacial score (nSPS) is 16.1. The Morgan fingerprint density at radius 1 is 1.50 bits per heavy atom. The van der Waals surface area contributed by atoms with E-state index in [1.807, 2.05) is 12.1 Å². The smallest absolute Gasteiger partial charge is 0.315 e. The summed E-state index contributed by atoms with van der Waals surface area (Å²) in [7, 11) is 0. The summed E-state index contributed by atoms with van der Waals surface area (Å²) in [5.41, 5.74) is 6.90. The topological polar surface area (TPSA) is 80.0 Å². The number of nitrogen functional groups attached to an aromatic ring is 1. The van der Waals surface area contributed by atoms with Crippen molar-refractivity contribution in [2.45, 2.75) is 32.7 Å². The number of aromatic nitrogens is 1. The fourth-order valence-corrected chi connectivity index (χ4v) is 1.94. The Kier molecular flexibility index (Phi) is 3.69. The maximum absolute atomic E-state index is 11.6. The molecular weight excluding hydrogens is 228 g/mol. The highest BCUT2D eigenvalue weighted by Gasteiger charge is 2.40. The number of nitrogens with zero attached hydrogens (tertiary/aromatic N) is 1. The van der Waals surface area contributed by atoms with Crippen molar-refractivity contribution < 1.29 is 4.79 Å². The van der Waals surface area contributed by atoms with E-state index < -0.39 is 0 Å². The van der Waals surface area contributed by atoms with E-state index in [-0.39, 0.29) is 6.03 Å². The van der Waals surface area contributed by atoms with E-state index in [0.717, 1.165) is 18.5 Å². The lowest BCUT2D eigenvalue weighted by Gasteiger charge is -2.14. The zero-order valence-corrected chi connectivity index (χ0v) is 10.7. The second kappa shape index (κ2) is 5.25. The number of carbonyl (C=O) groups is 1. The predicted molar refractivity (Wildman–Crippen MR) is 70.8 cm³/mol. The molecule has 1 fully saturated rings. The molecule has 1 saturated carbocycles. The highest BCUT2D eigenvalue weighted by Crippen LogP contribution is 2.47. The van der Waals surface area contributed by atoms with Crippen molar-refractivity contribution in [1.82, 2.24) is 15.6 Å². The highest BCUT2D eigenvalue weighted by atomic mass is 16.2. The quantitative estimate of drug-likeness (QED) is 0.741. The first kappa shape index (κ1) is 12.7. The molecule has 0 saturated heterocycles. The minimum atomic E-state index is -0.141. The number of rotatable bonds is 5. The van der Waals surface area contributed by atoms with Crippen molar-refractivity contribution in [2.24, 2.45) is 5.41 Å². The summed E-state index contributed by atoms with van der Waals surface area (Å²) in [6, 6.07) is 3.52. The molecule has 0 spiro atoms. The van der Waals surface area contributed by atoms with Gasteiger partial charge >= 0.3 is 6.03 Å². The molecule has 0 aromatic carbocycles. The minimum absolute atomic E-state index is 0.141. The number of amides is 2. The average Bonchev–Trinajstić information content (AvgIpc) is 3.16. The molecule has 0 bridgehead atoms. The second-order valence-electron chi connectivity index (χ2n) is 4.94. The number of pyridine rings is 1. The van der Waals surface area contributed by atoms with Gasteiger partial charge in [0.2, 0.25) is 0 Å². The van der Waals surface area contributed by atoms with Gasteiger partial charge < -0.3 is 16.4 Å². The van der Waals surface area contributed by atoms with E-state index >= 15 is 0 Å². The van der Waals surface area contributed by atoms with Crippen LogP contribution in [0, 0.1) is 5.41 Å². The summed E-state index contributed by atoms with van der Waals surface area (Å²) >= 11 is 0. The van der Waals surface area contributed by atoms with Crippen LogP contribution < -0.4 is 16.4 Å². The van der Waals surface area contributed by atoms with Gasteiger partial charge in [0.05, 0.1) is 0 Å². The average molecular weight is 248 g/mol. The van der Waals surface area contributed by atoms with Gasteiger partial charge in [0.15, 0.2) is 0 Å². The molecule has 1 aromatic heterocycles. The van der Waals surface area contributed by atoms with Gasteiger partial charge in [-0.05, 0) is 30.7 Å². The Morgan fingerprint density at radius 2 is 2.28 bits per heavy atom. The van der Waals surface area contributed by atoms with Gasteiger partial charge in [0.1, 0.15) is 5.82 Å². The molecule has 1 aliphatic carbocycles. The van der Waals surface area contributed by atoms with E-state index in [2.05, 4.69) is 22.5 Å². The molecule has 5 heteroatoms. The maximum Gasteiger partial charge on any atom is 0.315 e. The Hall–Kier alpha value is -1.78. The van der Waals surface area contributed by atoms with Crippen molar-refractivity contribution in [3.05, 3.63) is 23.9 Å². The molecule has 1 heterocycles. The Morgan fingerprint density at radius 3 is 2.89 bits per heavy atom. The van der Waals surface area contributed by atoms with Crippen molar-refractivity contribution in [3.63, 3.8) is 0 Å². The van der Waals surface area contributed by atoms with Gasteiger partial charge in [-0.15, -0.1) is 0 Å². The molecule has 2 amide bonds. The van der Waals surface area contributed by atoms with E-state index in [1.165, 1.54) is 12.8 Å². The zero-order chi connectivity index (χ0) is 13.0. The maximum atomic E-state index is 11.6. The number of hydrogen-bond acceptors (Lipinski definition) is 3. The third kappa shape index (κ3) is 3.12. The highest BCUT2D eigenvalue weighted by molar-refractivity contribution is 5.74. The van der Waals surface area contributed by atoms with Crippen molar-refractivity contribution in [1.29, 1.82) is 0 Å². The first-order chi connectivity index (χ1) is 8.65. The van der Waals surface area contributed by atoms with Crippen LogP contribution in [-0.2, 0) is 6.54 Å². The molecule has 18 heavy (non-hydrogen) atoms. The van der Waals surface area contributed by atoms with Crippen LogP contribution >= 0.6 is 0 Å². The molecule has 1 aromatic rings. The van der Waals surface area contributed by atoms with Crippen LogP contribution in [0.4, 0.5) is 10.6 Å². The number of nitrogens with one attached hydrogen (secondary N) is 2. The monoisotopic (exact) mass is 248 g/mol. The second-order valence-corrected chi connectivity index (χ2v) is 4.94. The summed E-state index contributed by atoms with van der Waals surface area (Å²) in [6.07, 6.45) is 5.21. The molecule has 4 N–H and O–H groups in total. The molecule has 1 aliphatic rings. The Labute approximate surface area is 107 Å². The lowest BCUT2D eigenvalue weighted by atomic mass is 10.0. The molecule has 0 aliphatic heterocycles. The van der Waals surface area contributed by atoms with Crippen LogP contribution in [0.25, 0.3) is 0 Å². The van der Waals surface area contributed by atoms with Crippen LogP contribution in [0.1, 0.15) is 31.7 Å². The van der Waals surface area contributed by atoms with Crippen LogP contribution in [0.3, 0.4) is 0 Å².